The average molecular weight is 326 g/mol. The van der Waals surface area contributed by atoms with Crippen LogP contribution in [0.15, 0.2) is 29.2 Å². The first kappa shape index (κ1) is 16.4. The van der Waals surface area contributed by atoms with Crippen LogP contribution < -0.4 is 5.32 Å². The molecule has 1 aromatic rings. The quantitative estimate of drug-likeness (QED) is 0.925. The Bertz CT molecular complexity index is 499. The van der Waals surface area contributed by atoms with Gasteiger partial charge in [-0.05, 0) is 36.3 Å². The summed E-state index contributed by atoms with van der Waals surface area (Å²) >= 11 is 1.90. The van der Waals surface area contributed by atoms with E-state index in [0.717, 1.165) is 22.6 Å². The number of hydrogen-bond acceptors (Lipinski definition) is 3. The van der Waals surface area contributed by atoms with E-state index in [0.29, 0.717) is 12.6 Å². The second-order valence-corrected chi connectivity index (χ2v) is 7.85. The lowest BCUT2D eigenvalue weighted by Gasteiger charge is -2.26. The highest BCUT2D eigenvalue weighted by molar-refractivity contribution is 7.99. The van der Waals surface area contributed by atoms with Crippen molar-refractivity contribution >= 4 is 28.6 Å². The molecule has 1 heterocycles. The first-order valence-electron chi connectivity index (χ1n) is 7.08. The Morgan fingerprint density at radius 3 is 2.71 bits per heavy atom. The van der Waals surface area contributed by atoms with Gasteiger partial charge in [0.05, 0.1) is 0 Å². The van der Waals surface area contributed by atoms with E-state index in [4.69, 9.17) is 0 Å². The normalized spacial score (nSPS) is 19.8. The molecule has 0 radical (unpaired) electrons. The number of carbonyl (C=O) groups is 1. The van der Waals surface area contributed by atoms with Crippen LogP contribution in [-0.2, 0) is 17.3 Å². The van der Waals surface area contributed by atoms with Crippen LogP contribution in [0.3, 0.4) is 0 Å². The molecule has 0 bridgehead atoms. The SMILES string of the molecule is CN(Cc1ccc([S@@](C)=O)cc1)C(=O)N[C@H]1CCCSC1. The number of urea groups is 1. The Morgan fingerprint density at radius 2 is 2.14 bits per heavy atom. The Kier molecular flexibility index (Phi) is 6.11. The van der Waals surface area contributed by atoms with Crippen molar-refractivity contribution in [3.63, 3.8) is 0 Å². The third-order valence-corrected chi connectivity index (χ3v) is 5.66. The smallest absolute Gasteiger partial charge is 0.317 e. The second kappa shape index (κ2) is 7.84. The molecule has 21 heavy (non-hydrogen) atoms. The monoisotopic (exact) mass is 326 g/mol. The summed E-state index contributed by atoms with van der Waals surface area (Å²) in [7, 11) is 0.844. The summed E-state index contributed by atoms with van der Waals surface area (Å²) in [5.41, 5.74) is 1.04. The van der Waals surface area contributed by atoms with Gasteiger partial charge in [0, 0.05) is 47.3 Å². The zero-order valence-electron chi connectivity index (χ0n) is 12.5. The lowest BCUT2D eigenvalue weighted by molar-refractivity contribution is 0.203. The van der Waals surface area contributed by atoms with Crippen LogP contribution in [0.4, 0.5) is 4.79 Å². The van der Waals surface area contributed by atoms with Crippen LogP contribution in [0.1, 0.15) is 18.4 Å². The standard InChI is InChI=1S/C15H22N2O2S2/c1-17(15(18)16-13-4-3-9-20-11-13)10-12-5-7-14(8-6-12)21(2)19/h5-8,13H,3-4,9-11H2,1-2H3,(H,16,18)/t13-,21+/m0/s1. The molecule has 0 unspecified atom stereocenters. The molecular formula is C15H22N2O2S2. The number of thioether (sulfide) groups is 1. The van der Waals surface area contributed by atoms with Crippen molar-refractivity contribution in [3.8, 4) is 0 Å². The van der Waals surface area contributed by atoms with Gasteiger partial charge in [0.1, 0.15) is 0 Å². The van der Waals surface area contributed by atoms with Gasteiger partial charge in [-0.3, -0.25) is 4.21 Å². The molecule has 2 atom stereocenters. The third-order valence-electron chi connectivity index (χ3n) is 3.51. The zero-order valence-corrected chi connectivity index (χ0v) is 14.1. The molecule has 0 aromatic heterocycles. The highest BCUT2D eigenvalue weighted by Gasteiger charge is 2.18. The molecular weight excluding hydrogens is 304 g/mol. The van der Waals surface area contributed by atoms with E-state index in [1.54, 1.807) is 18.2 Å². The number of carbonyl (C=O) groups excluding carboxylic acids is 1. The predicted octanol–water partition coefficient (Wildman–Crippen LogP) is 2.46. The summed E-state index contributed by atoms with van der Waals surface area (Å²) in [6, 6.07) is 7.84. The van der Waals surface area contributed by atoms with E-state index in [1.165, 1.54) is 12.2 Å². The van der Waals surface area contributed by atoms with Gasteiger partial charge < -0.3 is 10.2 Å². The number of amides is 2. The molecule has 0 aliphatic carbocycles. The van der Waals surface area contributed by atoms with E-state index in [1.807, 2.05) is 36.0 Å². The summed E-state index contributed by atoms with van der Waals surface area (Å²) < 4.78 is 11.3. The highest BCUT2D eigenvalue weighted by Crippen LogP contribution is 2.17. The van der Waals surface area contributed by atoms with Gasteiger partial charge in [-0.1, -0.05) is 12.1 Å². The number of nitrogens with zero attached hydrogens (tertiary/aromatic N) is 1. The van der Waals surface area contributed by atoms with E-state index in [2.05, 4.69) is 5.32 Å². The summed E-state index contributed by atoms with van der Waals surface area (Å²) in [6.07, 6.45) is 3.91. The fourth-order valence-electron chi connectivity index (χ4n) is 2.27. The topological polar surface area (TPSA) is 49.4 Å². The van der Waals surface area contributed by atoms with Gasteiger partial charge in [0.2, 0.25) is 0 Å². The minimum atomic E-state index is -0.959. The molecule has 2 rings (SSSR count). The Balaban J connectivity index is 1.86. The first-order chi connectivity index (χ1) is 10.1. The van der Waals surface area contributed by atoms with Gasteiger partial charge in [0.25, 0.3) is 0 Å². The van der Waals surface area contributed by atoms with Crippen molar-refractivity contribution in [2.75, 3.05) is 24.8 Å². The first-order valence-corrected chi connectivity index (χ1v) is 9.79. The number of rotatable bonds is 4. The lowest BCUT2D eigenvalue weighted by Crippen LogP contribution is -2.44. The molecule has 2 amide bonds. The molecule has 1 aliphatic heterocycles. The van der Waals surface area contributed by atoms with Crippen molar-refractivity contribution in [2.45, 2.75) is 30.3 Å². The highest BCUT2D eigenvalue weighted by atomic mass is 32.2. The fraction of sp³-hybridized carbons (Fsp3) is 0.533. The van der Waals surface area contributed by atoms with Crippen molar-refractivity contribution in [3.05, 3.63) is 29.8 Å². The van der Waals surface area contributed by atoms with Crippen LogP contribution in [-0.4, -0.2) is 46.0 Å². The van der Waals surface area contributed by atoms with E-state index < -0.39 is 10.8 Å². The van der Waals surface area contributed by atoms with Gasteiger partial charge in [-0.2, -0.15) is 11.8 Å². The van der Waals surface area contributed by atoms with Gasteiger partial charge >= 0.3 is 6.03 Å². The molecule has 1 saturated heterocycles. The molecule has 1 N–H and O–H groups in total. The maximum absolute atomic E-state index is 12.1. The molecule has 0 spiro atoms. The minimum absolute atomic E-state index is 0.0226. The number of benzene rings is 1. The maximum atomic E-state index is 12.1. The van der Waals surface area contributed by atoms with Crippen LogP contribution >= 0.6 is 11.8 Å². The molecule has 4 nitrogen and oxygen atoms in total. The second-order valence-electron chi connectivity index (χ2n) is 5.32. The van der Waals surface area contributed by atoms with E-state index >= 15 is 0 Å². The minimum Gasteiger partial charge on any atom is -0.334 e. The summed E-state index contributed by atoms with van der Waals surface area (Å²) in [5.74, 6) is 2.21. The summed E-state index contributed by atoms with van der Waals surface area (Å²) in [6.45, 7) is 0.558. The van der Waals surface area contributed by atoms with Gasteiger partial charge in [0.15, 0.2) is 0 Å². The van der Waals surface area contributed by atoms with Crippen molar-refractivity contribution in [2.24, 2.45) is 0 Å². The third kappa shape index (κ3) is 5.04. The largest absolute Gasteiger partial charge is 0.334 e. The summed E-state index contributed by atoms with van der Waals surface area (Å²) in [4.78, 5) is 14.6. The molecule has 1 aliphatic rings. The maximum Gasteiger partial charge on any atom is 0.317 e. The molecule has 6 heteroatoms. The van der Waals surface area contributed by atoms with Crippen LogP contribution in [0.2, 0.25) is 0 Å². The van der Waals surface area contributed by atoms with Crippen LogP contribution in [0.25, 0.3) is 0 Å². The lowest BCUT2D eigenvalue weighted by atomic mass is 10.2. The Hall–Kier alpha value is -1.01. The van der Waals surface area contributed by atoms with Gasteiger partial charge in [-0.15, -0.1) is 0 Å². The fourth-order valence-corrected chi connectivity index (χ4v) is 3.86. The molecule has 1 aromatic carbocycles. The number of hydrogen-bond donors (Lipinski definition) is 1. The van der Waals surface area contributed by atoms with Crippen molar-refractivity contribution < 1.29 is 9.00 Å². The van der Waals surface area contributed by atoms with Crippen molar-refractivity contribution in [1.82, 2.24) is 10.2 Å². The zero-order chi connectivity index (χ0) is 15.2. The van der Waals surface area contributed by atoms with Gasteiger partial charge in [-0.25, -0.2) is 4.79 Å². The Labute approximate surface area is 133 Å². The number of nitrogens with one attached hydrogen (secondary N) is 1. The average Bonchev–Trinajstić information content (AvgIpc) is 2.48. The van der Waals surface area contributed by atoms with E-state index in [-0.39, 0.29) is 6.03 Å². The van der Waals surface area contributed by atoms with Crippen molar-refractivity contribution in [1.29, 1.82) is 0 Å². The van der Waals surface area contributed by atoms with Crippen LogP contribution in [0.5, 0.6) is 0 Å². The predicted molar refractivity (Wildman–Crippen MR) is 89.1 cm³/mol. The van der Waals surface area contributed by atoms with E-state index in [9.17, 15) is 9.00 Å². The Morgan fingerprint density at radius 1 is 1.43 bits per heavy atom. The summed E-state index contributed by atoms with van der Waals surface area (Å²) in [5, 5.41) is 3.09. The molecule has 1 fully saturated rings. The molecule has 0 saturated carbocycles. The molecule has 116 valence electrons. The van der Waals surface area contributed by atoms with Crippen LogP contribution in [0, 0.1) is 0 Å².